The van der Waals surface area contributed by atoms with Crippen molar-refractivity contribution in [3.63, 3.8) is 0 Å². The van der Waals surface area contributed by atoms with Crippen molar-refractivity contribution in [2.45, 2.75) is 37.3 Å². The molecule has 1 aromatic rings. The third-order valence-corrected chi connectivity index (χ3v) is 4.06. The summed E-state index contributed by atoms with van der Waals surface area (Å²) in [6.45, 7) is 0. The maximum absolute atomic E-state index is 6.02. The van der Waals surface area contributed by atoms with Gasteiger partial charge in [-0.3, -0.25) is 0 Å². The van der Waals surface area contributed by atoms with Gasteiger partial charge >= 0.3 is 0 Å². The van der Waals surface area contributed by atoms with Crippen LogP contribution in [0.15, 0.2) is 29.3 Å². The van der Waals surface area contributed by atoms with E-state index in [1.165, 1.54) is 18.4 Å². The molecule has 3 rings (SSSR count). The van der Waals surface area contributed by atoms with E-state index in [1.54, 1.807) is 0 Å². The fourth-order valence-corrected chi connectivity index (χ4v) is 2.43. The van der Waals surface area contributed by atoms with Gasteiger partial charge in [0.15, 0.2) is 5.96 Å². The molecule has 0 amide bonds. The summed E-state index contributed by atoms with van der Waals surface area (Å²) in [6, 6.07) is 9.03. The predicted octanol–water partition coefficient (Wildman–Crippen LogP) is 2.60. The van der Waals surface area contributed by atoms with Crippen molar-refractivity contribution in [2.24, 2.45) is 10.7 Å². The molecule has 2 atom stereocenters. The van der Waals surface area contributed by atoms with Crippen LogP contribution in [0.3, 0.4) is 0 Å². The van der Waals surface area contributed by atoms with Crippen LogP contribution in [0.25, 0.3) is 0 Å². The van der Waals surface area contributed by atoms with Gasteiger partial charge in [-0.25, -0.2) is 4.99 Å². The van der Waals surface area contributed by atoms with Crippen molar-refractivity contribution >= 4 is 17.6 Å². The van der Waals surface area contributed by atoms with Gasteiger partial charge in [0.25, 0.3) is 0 Å². The Kier molecular flexibility index (Phi) is 2.94. The Bertz CT molecular complexity index is 464. The zero-order valence-electron chi connectivity index (χ0n) is 10.5. The highest BCUT2D eigenvalue weighted by Gasteiger charge is 2.39. The third-order valence-electron chi connectivity index (χ3n) is 3.81. The topological polar surface area (TPSA) is 41.6 Å². The molecular formula is C14H18ClN3. The first-order chi connectivity index (χ1) is 8.65. The molecule has 0 spiro atoms. The van der Waals surface area contributed by atoms with Crippen LogP contribution in [-0.2, 0) is 0 Å². The molecular weight excluding hydrogens is 246 g/mol. The minimum atomic E-state index is 0.354. The van der Waals surface area contributed by atoms with Crippen LogP contribution >= 0.6 is 11.6 Å². The second-order valence-corrected chi connectivity index (χ2v) is 5.73. The third kappa shape index (κ3) is 2.46. The monoisotopic (exact) mass is 263 g/mol. The second-order valence-electron chi connectivity index (χ2n) is 5.29. The number of hydrogen-bond acceptors (Lipinski definition) is 1. The van der Waals surface area contributed by atoms with Crippen LogP contribution in [0.4, 0.5) is 0 Å². The standard InChI is InChI=1S/C14H18ClN3/c1-18(11-6-7-11)14(16)17-13-8-12(13)9-2-4-10(15)5-3-9/h2-5,11-13H,6-8H2,1H3,(H2,16,17)/t12-,13+/m1/s1. The van der Waals surface area contributed by atoms with E-state index in [2.05, 4.69) is 22.0 Å². The molecule has 2 fully saturated rings. The summed E-state index contributed by atoms with van der Waals surface area (Å²) in [5, 5.41) is 0.785. The second kappa shape index (κ2) is 4.47. The molecule has 2 saturated carbocycles. The summed E-state index contributed by atoms with van der Waals surface area (Å²) in [5.74, 6) is 1.22. The summed E-state index contributed by atoms with van der Waals surface area (Å²) < 4.78 is 0. The van der Waals surface area contributed by atoms with Crippen LogP contribution in [0, 0.1) is 0 Å². The fraction of sp³-hybridized carbons (Fsp3) is 0.500. The molecule has 0 aliphatic heterocycles. The highest BCUT2D eigenvalue weighted by Crippen LogP contribution is 2.43. The molecule has 0 bridgehead atoms. The smallest absolute Gasteiger partial charge is 0.191 e. The number of nitrogens with zero attached hydrogens (tertiary/aromatic N) is 2. The molecule has 2 N–H and O–H groups in total. The Labute approximate surface area is 113 Å². The SMILES string of the molecule is CN(C(N)=N[C@H]1C[C@@H]1c1ccc(Cl)cc1)C1CC1. The maximum Gasteiger partial charge on any atom is 0.191 e. The van der Waals surface area contributed by atoms with Crippen LogP contribution in [0.5, 0.6) is 0 Å². The quantitative estimate of drug-likeness (QED) is 0.673. The molecule has 2 aliphatic carbocycles. The molecule has 1 aromatic carbocycles. The Hall–Kier alpha value is -1.22. The van der Waals surface area contributed by atoms with Crippen LogP contribution < -0.4 is 5.73 Å². The molecule has 0 unspecified atom stereocenters. The van der Waals surface area contributed by atoms with Gasteiger partial charge in [0.1, 0.15) is 0 Å². The molecule has 4 heteroatoms. The lowest BCUT2D eigenvalue weighted by molar-refractivity contribution is 0.487. The summed E-state index contributed by atoms with van der Waals surface area (Å²) in [7, 11) is 2.04. The number of benzene rings is 1. The lowest BCUT2D eigenvalue weighted by atomic mass is 10.1. The average Bonchev–Trinajstić information content (AvgIpc) is 3.23. The van der Waals surface area contributed by atoms with Crippen molar-refractivity contribution in [1.82, 2.24) is 4.90 Å². The maximum atomic E-state index is 6.02. The number of halogens is 1. The Morgan fingerprint density at radius 3 is 2.61 bits per heavy atom. The van der Waals surface area contributed by atoms with Crippen molar-refractivity contribution in [2.75, 3.05) is 7.05 Å². The van der Waals surface area contributed by atoms with Crippen LogP contribution in [0.2, 0.25) is 5.02 Å². The van der Waals surface area contributed by atoms with E-state index in [0.717, 1.165) is 11.4 Å². The van der Waals surface area contributed by atoms with Crippen molar-refractivity contribution in [1.29, 1.82) is 0 Å². The Balaban J connectivity index is 1.63. The van der Waals surface area contributed by atoms with Gasteiger partial charge in [-0.05, 0) is 37.0 Å². The van der Waals surface area contributed by atoms with Gasteiger partial charge in [-0.15, -0.1) is 0 Å². The highest BCUT2D eigenvalue weighted by atomic mass is 35.5. The van der Waals surface area contributed by atoms with Crippen molar-refractivity contribution < 1.29 is 0 Å². The van der Waals surface area contributed by atoms with Gasteiger partial charge in [0.05, 0.1) is 6.04 Å². The fourth-order valence-electron chi connectivity index (χ4n) is 2.30. The summed E-state index contributed by atoms with van der Waals surface area (Å²) in [5.41, 5.74) is 7.33. The molecule has 0 aromatic heterocycles. The van der Waals surface area contributed by atoms with E-state index in [4.69, 9.17) is 17.3 Å². The summed E-state index contributed by atoms with van der Waals surface area (Å²) >= 11 is 5.89. The van der Waals surface area contributed by atoms with Gasteiger partial charge in [-0.1, -0.05) is 23.7 Å². The zero-order valence-corrected chi connectivity index (χ0v) is 11.3. The number of guanidine groups is 1. The molecule has 96 valence electrons. The van der Waals surface area contributed by atoms with Gasteiger partial charge in [0, 0.05) is 24.0 Å². The molecule has 3 nitrogen and oxygen atoms in total. The number of rotatable bonds is 3. The van der Waals surface area contributed by atoms with E-state index < -0.39 is 0 Å². The number of nitrogens with two attached hydrogens (primary N) is 1. The molecule has 18 heavy (non-hydrogen) atoms. The summed E-state index contributed by atoms with van der Waals surface area (Å²) in [4.78, 5) is 6.73. The first-order valence-electron chi connectivity index (χ1n) is 6.46. The number of hydrogen-bond donors (Lipinski definition) is 1. The van der Waals surface area contributed by atoms with Crippen molar-refractivity contribution in [3.8, 4) is 0 Å². The molecule has 0 heterocycles. The van der Waals surface area contributed by atoms with E-state index in [0.29, 0.717) is 24.0 Å². The van der Waals surface area contributed by atoms with Gasteiger partial charge < -0.3 is 10.6 Å². The molecule has 0 saturated heterocycles. The largest absolute Gasteiger partial charge is 0.370 e. The Morgan fingerprint density at radius 2 is 2.00 bits per heavy atom. The molecule has 2 aliphatic rings. The van der Waals surface area contributed by atoms with Crippen LogP contribution in [0.1, 0.15) is 30.7 Å². The minimum absolute atomic E-state index is 0.354. The lowest BCUT2D eigenvalue weighted by Gasteiger charge is -2.16. The summed E-state index contributed by atoms with van der Waals surface area (Å²) in [6.07, 6.45) is 3.59. The first-order valence-corrected chi connectivity index (χ1v) is 6.84. The highest BCUT2D eigenvalue weighted by molar-refractivity contribution is 6.30. The zero-order chi connectivity index (χ0) is 12.7. The van der Waals surface area contributed by atoms with Gasteiger partial charge in [-0.2, -0.15) is 0 Å². The van der Waals surface area contributed by atoms with Crippen molar-refractivity contribution in [3.05, 3.63) is 34.9 Å². The normalized spacial score (nSPS) is 27.1. The minimum Gasteiger partial charge on any atom is -0.370 e. The van der Waals surface area contributed by atoms with E-state index in [1.807, 2.05) is 19.2 Å². The van der Waals surface area contributed by atoms with E-state index >= 15 is 0 Å². The lowest BCUT2D eigenvalue weighted by Crippen LogP contribution is -2.36. The predicted molar refractivity (Wildman–Crippen MR) is 75.0 cm³/mol. The Morgan fingerprint density at radius 1 is 1.33 bits per heavy atom. The molecule has 0 radical (unpaired) electrons. The van der Waals surface area contributed by atoms with Gasteiger partial charge in [0.2, 0.25) is 0 Å². The number of aliphatic imine (C=N–C) groups is 1. The van der Waals surface area contributed by atoms with Crippen LogP contribution in [-0.4, -0.2) is 30.0 Å². The first kappa shape index (κ1) is 11.8. The van der Waals surface area contributed by atoms with E-state index in [9.17, 15) is 0 Å². The average molecular weight is 264 g/mol. The van der Waals surface area contributed by atoms with E-state index in [-0.39, 0.29) is 0 Å².